The van der Waals surface area contributed by atoms with E-state index in [-0.39, 0.29) is 37.1 Å². The summed E-state index contributed by atoms with van der Waals surface area (Å²) in [6, 6.07) is 11.6. The molecule has 2 aromatic rings. The van der Waals surface area contributed by atoms with E-state index in [0.717, 1.165) is 25.1 Å². The molecule has 0 saturated carbocycles. The predicted molar refractivity (Wildman–Crippen MR) is 108 cm³/mol. The van der Waals surface area contributed by atoms with Crippen LogP contribution in [0, 0.1) is 0 Å². The molecule has 28 heavy (non-hydrogen) atoms. The number of hydrogen-bond donors (Lipinski definition) is 1. The van der Waals surface area contributed by atoms with Gasteiger partial charge in [0.15, 0.2) is 0 Å². The highest BCUT2D eigenvalue weighted by molar-refractivity contribution is 5.89. The Morgan fingerprint density at radius 3 is 2.75 bits per heavy atom. The van der Waals surface area contributed by atoms with Crippen LogP contribution < -0.4 is 5.32 Å². The van der Waals surface area contributed by atoms with Crippen LogP contribution in [0.25, 0.3) is 0 Å². The zero-order valence-corrected chi connectivity index (χ0v) is 16.7. The predicted octanol–water partition coefficient (Wildman–Crippen LogP) is 2.70. The summed E-state index contributed by atoms with van der Waals surface area (Å²) in [5.74, 6) is -0.336. The Hall–Kier alpha value is -2.51. The van der Waals surface area contributed by atoms with Crippen LogP contribution in [-0.2, 0) is 22.6 Å². The smallest absolute Gasteiger partial charge is 0.410 e. The Morgan fingerprint density at radius 1 is 1.21 bits per heavy atom. The van der Waals surface area contributed by atoms with Crippen molar-refractivity contribution in [1.82, 2.24) is 14.8 Å². The number of nitrogens with one attached hydrogen (secondary N) is 1. The van der Waals surface area contributed by atoms with E-state index in [9.17, 15) is 9.59 Å². The van der Waals surface area contributed by atoms with Gasteiger partial charge in [-0.15, -0.1) is 12.4 Å². The zero-order chi connectivity index (χ0) is 19.1. The number of esters is 1. The van der Waals surface area contributed by atoms with Crippen LogP contribution in [0.2, 0.25) is 0 Å². The third kappa shape index (κ3) is 6.00. The lowest BCUT2D eigenvalue weighted by Gasteiger charge is -2.33. The van der Waals surface area contributed by atoms with Crippen LogP contribution in [0.5, 0.6) is 0 Å². The molecule has 152 valence electrons. The molecular formula is C20H26ClN3O4. The summed E-state index contributed by atoms with van der Waals surface area (Å²) in [7, 11) is 1.37. The number of aryl methyl sites for hydroxylation is 1. The fourth-order valence-corrected chi connectivity index (χ4v) is 3.12. The molecule has 2 heterocycles. The largest absolute Gasteiger partial charge is 0.465 e. The second-order valence-corrected chi connectivity index (χ2v) is 6.56. The third-order valence-corrected chi connectivity index (χ3v) is 4.63. The van der Waals surface area contributed by atoms with E-state index in [4.69, 9.17) is 9.47 Å². The van der Waals surface area contributed by atoms with Gasteiger partial charge in [-0.3, -0.25) is 0 Å². The molecule has 0 aliphatic carbocycles. The summed E-state index contributed by atoms with van der Waals surface area (Å²) < 4.78 is 12.1. The maximum Gasteiger partial charge on any atom is 0.410 e. The molecule has 3 rings (SSSR count). The van der Waals surface area contributed by atoms with Crippen LogP contribution in [0.1, 0.15) is 22.3 Å². The standard InChI is InChI=1S/C20H25N3O4.ClH/c1-26-19(24)17-7-10-22(13-17)11-8-18-14-23(12-9-21-18)20(25)27-15-16-5-3-2-4-6-16;/h2-7,10,13,18,21H,8-9,11-12,14-15H2,1H3;1H/t18-;/m1./s1. The van der Waals surface area contributed by atoms with Gasteiger partial charge in [-0.2, -0.15) is 0 Å². The molecule has 0 radical (unpaired) electrons. The highest BCUT2D eigenvalue weighted by Crippen LogP contribution is 2.10. The van der Waals surface area contributed by atoms with Crippen molar-refractivity contribution in [3.8, 4) is 0 Å². The number of aromatic nitrogens is 1. The number of ether oxygens (including phenoxy) is 2. The van der Waals surface area contributed by atoms with Crippen molar-refractivity contribution in [2.24, 2.45) is 0 Å². The highest BCUT2D eigenvalue weighted by atomic mass is 35.5. The van der Waals surface area contributed by atoms with Gasteiger partial charge in [-0.25, -0.2) is 9.59 Å². The maximum atomic E-state index is 12.3. The number of amides is 1. The molecule has 1 aliphatic heterocycles. The van der Waals surface area contributed by atoms with Crippen LogP contribution in [0.4, 0.5) is 4.79 Å². The van der Waals surface area contributed by atoms with Crippen molar-refractivity contribution in [1.29, 1.82) is 0 Å². The number of nitrogens with zero attached hydrogens (tertiary/aromatic N) is 2. The number of rotatable bonds is 6. The first kappa shape index (κ1) is 21.8. The minimum Gasteiger partial charge on any atom is -0.465 e. The maximum absolute atomic E-state index is 12.3. The van der Waals surface area contributed by atoms with Crippen molar-refractivity contribution >= 4 is 24.5 Å². The van der Waals surface area contributed by atoms with Gasteiger partial charge in [-0.05, 0) is 18.1 Å². The van der Waals surface area contributed by atoms with Crippen molar-refractivity contribution in [3.63, 3.8) is 0 Å². The van der Waals surface area contributed by atoms with Crippen molar-refractivity contribution < 1.29 is 19.1 Å². The van der Waals surface area contributed by atoms with E-state index in [1.165, 1.54) is 7.11 Å². The summed E-state index contributed by atoms with van der Waals surface area (Å²) in [5, 5.41) is 3.43. The minimum absolute atomic E-state index is 0. The molecule has 1 fully saturated rings. The quantitative estimate of drug-likeness (QED) is 0.745. The van der Waals surface area contributed by atoms with Crippen LogP contribution in [0.3, 0.4) is 0 Å². The van der Waals surface area contributed by atoms with E-state index in [2.05, 4.69) is 5.32 Å². The van der Waals surface area contributed by atoms with E-state index < -0.39 is 0 Å². The van der Waals surface area contributed by atoms with Gasteiger partial charge in [-0.1, -0.05) is 30.3 Å². The molecular weight excluding hydrogens is 382 g/mol. The molecule has 1 aliphatic rings. The van der Waals surface area contributed by atoms with E-state index in [0.29, 0.717) is 18.7 Å². The average Bonchev–Trinajstić information content (AvgIpc) is 3.20. The number of carbonyl (C=O) groups excluding carboxylic acids is 2. The molecule has 1 N–H and O–H groups in total. The summed E-state index contributed by atoms with van der Waals surface area (Å²) >= 11 is 0. The molecule has 1 saturated heterocycles. The second kappa shape index (κ2) is 10.7. The summed E-state index contributed by atoms with van der Waals surface area (Å²) in [6.07, 6.45) is 4.21. The normalized spacial score (nSPS) is 16.2. The van der Waals surface area contributed by atoms with Crippen LogP contribution in [-0.4, -0.2) is 54.3 Å². The Kier molecular flexibility index (Phi) is 8.35. The van der Waals surface area contributed by atoms with Gasteiger partial charge in [0.2, 0.25) is 0 Å². The van der Waals surface area contributed by atoms with Gasteiger partial charge in [0.1, 0.15) is 6.61 Å². The first-order valence-electron chi connectivity index (χ1n) is 9.09. The van der Waals surface area contributed by atoms with Gasteiger partial charge >= 0.3 is 12.1 Å². The fraction of sp³-hybridized carbons (Fsp3) is 0.400. The molecule has 1 atom stereocenters. The number of carbonyl (C=O) groups is 2. The SMILES string of the molecule is COC(=O)c1ccn(CC[C@@H]2CN(C(=O)OCc3ccccc3)CCN2)c1.Cl. The monoisotopic (exact) mass is 407 g/mol. The first-order chi connectivity index (χ1) is 13.2. The Labute approximate surface area is 171 Å². The molecule has 0 bridgehead atoms. The first-order valence-corrected chi connectivity index (χ1v) is 9.09. The van der Waals surface area contributed by atoms with E-state index >= 15 is 0 Å². The minimum atomic E-state index is -0.336. The summed E-state index contributed by atoms with van der Waals surface area (Å²) in [4.78, 5) is 25.6. The highest BCUT2D eigenvalue weighted by Gasteiger charge is 2.24. The molecule has 1 aromatic carbocycles. The van der Waals surface area contributed by atoms with E-state index in [1.807, 2.05) is 41.1 Å². The lowest BCUT2D eigenvalue weighted by atomic mass is 10.1. The summed E-state index contributed by atoms with van der Waals surface area (Å²) in [6.45, 7) is 3.03. The number of hydrogen-bond acceptors (Lipinski definition) is 5. The average molecular weight is 408 g/mol. The Morgan fingerprint density at radius 2 is 2.00 bits per heavy atom. The zero-order valence-electron chi connectivity index (χ0n) is 15.9. The number of benzene rings is 1. The lowest BCUT2D eigenvalue weighted by molar-refractivity contribution is 0.0600. The molecule has 1 aromatic heterocycles. The van der Waals surface area contributed by atoms with Crippen molar-refractivity contribution in [2.45, 2.75) is 25.6 Å². The van der Waals surface area contributed by atoms with Gasteiger partial charge in [0.05, 0.1) is 12.7 Å². The topological polar surface area (TPSA) is 72.8 Å². The van der Waals surface area contributed by atoms with Gasteiger partial charge in [0.25, 0.3) is 0 Å². The van der Waals surface area contributed by atoms with Crippen molar-refractivity contribution in [2.75, 3.05) is 26.7 Å². The van der Waals surface area contributed by atoms with Crippen molar-refractivity contribution in [3.05, 3.63) is 59.9 Å². The van der Waals surface area contributed by atoms with Crippen LogP contribution in [0.15, 0.2) is 48.8 Å². The molecule has 1 amide bonds. The van der Waals surface area contributed by atoms with E-state index in [1.54, 1.807) is 17.2 Å². The fourth-order valence-electron chi connectivity index (χ4n) is 3.12. The lowest BCUT2D eigenvalue weighted by Crippen LogP contribution is -2.52. The molecule has 7 nitrogen and oxygen atoms in total. The number of piperazine rings is 1. The molecule has 8 heteroatoms. The molecule has 0 spiro atoms. The number of halogens is 1. The summed E-state index contributed by atoms with van der Waals surface area (Å²) in [5.41, 5.74) is 1.52. The Bertz CT molecular complexity index is 766. The number of methoxy groups -OCH3 is 1. The van der Waals surface area contributed by atoms with Gasteiger partial charge < -0.3 is 24.3 Å². The third-order valence-electron chi connectivity index (χ3n) is 4.63. The Balaban J connectivity index is 0.00000280. The van der Waals surface area contributed by atoms with Gasteiger partial charge in [0, 0.05) is 44.6 Å². The molecule has 0 unspecified atom stereocenters. The second-order valence-electron chi connectivity index (χ2n) is 6.56. The van der Waals surface area contributed by atoms with Crippen LogP contribution >= 0.6 is 12.4 Å².